The van der Waals surface area contributed by atoms with Crippen molar-refractivity contribution in [3.63, 3.8) is 0 Å². The molecule has 1 atom stereocenters. The van der Waals surface area contributed by atoms with E-state index in [1.807, 2.05) is 31.2 Å². The molecule has 0 radical (unpaired) electrons. The number of benzene rings is 2. The smallest absolute Gasteiger partial charge is 0.303 e. The maximum atomic E-state index is 11.2. The zero-order valence-corrected chi connectivity index (χ0v) is 12.4. The van der Waals surface area contributed by atoms with E-state index >= 15 is 0 Å². The number of rotatable bonds is 3. The molecule has 0 fully saturated rings. The second kappa shape index (κ2) is 5.91. The number of esters is 1. The van der Waals surface area contributed by atoms with Crippen molar-refractivity contribution in [2.24, 2.45) is 0 Å². The summed E-state index contributed by atoms with van der Waals surface area (Å²) in [7, 11) is 0. The fraction of sp³-hybridized carbons (Fsp3) is 0.278. The summed E-state index contributed by atoms with van der Waals surface area (Å²) in [6.45, 7) is 7.55. The lowest BCUT2D eigenvalue weighted by Crippen LogP contribution is -2.07. The zero-order chi connectivity index (χ0) is 14.7. The van der Waals surface area contributed by atoms with Crippen molar-refractivity contribution in [1.82, 2.24) is 0 Å². The van der Waals surface area contributed by atoms with Crippen molar-refractivity contribution in [1.29, 1.82) is 0 Å². The van der Waals surface area contributed by atoms with Gasteiger partial charge in [0.2, 0.25) is 0 Å². The Labute approximate surface area is 120 Å². The molecular formula is C18H20O2. The topological polar surface area (TPSA) is 26.3 Å². The third kappa shape index (κ3) is 2.90. The summed E-state index contributed by atoms with van der Waals surface area (Å²) < 4.78 is 5.35. The first-order chi connectivity index (χ1) is 9.50. The summed E-state index contributed by atoms with van der Waals surface area (Å²) in [4.78, 5) is 11.2. The van der Waals surface area contributed by atoms with Gasteiger partial charge in [-0.25, -0.2) is 0 Å². The number of aryl methyl sites for hydroxylation is 2. The highest BCUT2D eigenvalue weighted by Crippen LogP contribution is 2.34. The van der Waals surface area contributed by atoms with Crippen LogP contribution >= 0.6 is 0 Å². The highest BCUT2D eigenvalue weighted by molar-refractivity contribution is 5.74. The molecule has 0 saturated heterocycles. The van der Waals surface area contributed by atoms with E-state index in [1.54, 1.807) is 0 Å². The van der Waals surface area contributed by atoms with Crippen molar-refractivity contribution in [2.45, 2.75) is 33.8 Å². The molecule has 2 heteroatoms. The number of carbonyl (C=O) groups is 1. The zero-order valence-electron chi connectivity index (χ0n) is 12.4. The van der Waals surface area contributed by atoms with Crippen LogP contribution in [-0.2, 0) is 9.53 Å². The van der Waals surface area contributed by atoms with E-state index in [0.717, 1.165) is 5.56 Å². The Balaban J connectivity index is 2.58. The molecule has 0 bridgehead atoms. The Kier molecular flexibility index (Phi) is 4.23. The predicted molar refractivity (Wildman–Crippen MR) is 81.5 cm³/mol. The molecule has 0 aliphatic rings. The minimum Gasteiger partial charge on any atom is -0.458 e. The van der Waals surface area contributed by atoms with Crippen LogP contribution in [0.2, 0.25) is 0 Å². The van der Waals surface area contributed by atoms with Crippen LogP contribution in [-0.4, -0.2) is 5.97 Å². The summed E-state index contributed by atoms with van der Waals surface area (Å²) >= 11 is 0. The van der Waals surface area contributed by atoms with Crippen LogP contribution in [0, 0.1) is 13.8 Å². The van der Waals surface area contributed by atoms with Crippen LogP contribution in [0.3, 0.4) is 0 Å². The Bertz CT molecular complexity index is 629. The maximum Gasteiger partial charge on any atom is 0.303 e. The van der Waals surface area contributed by atoms with Gasteiger partial charge in [-0.05, 0) is 43.0 Å². The van der Waals surface area contributed by atoms with Crippen molar-refractivity contribution in [3.05, 3.63) is 59.2 Å². The number of hydrogen-bond acceptors (Lipinski definition) is 2. The lowest BCUT2D eigenvalue weighted by atomic mass is 9.90. The van der Waals surface area contributed by atoms with Gasteiger partial charge < -0.3 is 4.74 Å². The molecular weight excluding hydrogens is 248 g/mol. The largest absolute Gasteiger partial charge is 0.458 e. The van der Waals surface area contributed by atoms with Gasteiger partial charge in [-0.2, -0.15) is 0 Å². The quantitative estimate of drug-likeness (QED) is 0.761. The van der Waals surface area contributed by atoms with Crippen LogP contribution in [0.4, 0.5) is 0 Å². The molecule has 104 valence electrons. The Hall–Kier alpha value is -2.09. The van der Waals surface area contributed by atoms with Crippen molar-refractivity contribution < 1.29 is 9.53 Å². The Morgan fingerprint density at radius 2 is 1.65 bits per heavy atom. The van der Waals surface area contributed by atoms with Crippen molar-refractivity contribution in [3.8, 4) is 11.1 Å². The van der Waals surface area contributed by atoms with Crippen LogP contribution < -0.4 is 0 Å². The highest BCUT2D eigenvalue weighted by Gasteiger charge is 2.17. The fourth-order valence-corrected chi connectivity index (χ4v) is 2.56. The van der Waals surface area contributed by atoms with E-state index in [4.69, 9.17) is 4.74 Å². The lowest BCUT2D eigenvalue weighted by molar-refractivity contribution is -0.145. The van der Waals surface area contributed by atoms with Gasteiger partial charge in [-0.1, -0.05) is 42.5 Å². The predicted octanol–water partition coefficient (Wildman–Crippen LogP) is 4.59. The molecule has 20 heavy (non-hydrogen) atoms. The monoisotopic (exact) mass is 268 g/mol. The average molecular weight is 268 g/mol. The number of ether oxygens (including phenoxy) is 1. The van der Waals surface area contributed by atoms with E-state index in [9.17, 15) is 4.79 Å². The third-order valence-electron chi connectivity index (χ3n) is 3.50. The van der Waals surface area contributed by atoms with E-state index in [0.29, 0.717) is 0 Å². The average Bonchev–Trinajstić information content (AvgIpc) is 2.39. The molecule has 1 unspecified atom stereocenters. The first kappa shape index (κ1) is 14.3. The summed E-state index contributed by atoms with van der Waals surface area (Å²) in [5.74, 6) is -0.255. The molecule has 2 nitrogen and oxygen atoms in total. The van der Waals surface area contributed by atoms with Gasteiger partial charge in [0, 0.05) is 12.5 Å². The van der Waals surface area contributed by atoms with Gasteiger partial charge >= 0.3 is 5.97 Å². The number of carbonyl (C=O) groups excluding carboxylic acids is 1. The molecule has 2 aromatic carbocycles. The van der Waals surface area contributed by atoms with Gasteiger partial charge in [0.25, 0.3) is 0 Å². The van der Waals surface area contributed by atoms with E-state index in [2.05, 4.69) is 32.0 Å². The fourth-order valence-electron chi connectivity index (χ4n) is 2.56. The second-order valence-electron chi connectivity index (χ2n) is 5.11. The molecule has 0 saturated carbocycles. The summed E-state index contributed by atoms with van der Waals surface area (Å²) in [6.07, 6.45) is -0.248. The molecule has 0 spiro atoms. The second-order valence-corrected chi connectivity index (χ2v) is 5.11. The molecule has 2 aromatic rings. The van der Waals surface area contributed by atoms with Crippen LogP contribution in [0.1, 0.15) is 36.6 Å². The van der Waals surface area contributed by atoms with Crippen molar-refractivity contribution >= 4 is 5.97 Å². The molecule has 0 aromatic heterocycles. The molecule has 2 rings (SSSR count). The van der Waals surface area contributed by atoms with Gasteiger partial charge in [0.05, 0.1) is 0 Å². The first-order valence-electron chi connectivity index (χ1n) is 6.83. The highest BCUT2D eigenvalue weighted by atomic mass is 16.5. The van der Waals surface area contributed by atoms with Crippen molar-refractivity contribution in [2.75, 3.05) is 0 Å². The standard InChI is InChI=1S/C18H20O2/c1-12-8-5-6-10-16(12)18-13(2)9-7-11-17(18)14(3)20-15(4)19/h5-11,14H,1-4H3. The van der Waals surface area contributed by atoms with E-state index in [-0.39, 0.29) is 12.1 Å². The summed E-state index contributed by atoms with van der Waals surface area (Å²) in [5.41, 5.74) is 5.82. The van der Waals surface area contributed by atoms with Gasteiger partial charge in [-0.3, -0.25) is 4.79 Å². The number of hydrogen-bond donors (Lipinski definition) is 0. The molecule has 0 aliphatic heterocycles. The van der Waals surface area contributed by atoms with Gasteiger partial charge in [-0.15, -0.1) is 0 Å². The lowest BCUT2D eigenvalue weighted by Gasteiger charge is -2.19. The van der Waals surface area contributed by atoms with Crippen LogP contribution in [0.15, 0.2) is 42.5 Å². The van der Waals surface area contributed by atoms with Gasteiger partial charge in [0.15, 0.2) is 0 Å². The molecule has 0 aliphatic carbocycles. The van der Waals surface area contributed by atoms with E-state index < -0.39 is 0 Å². The van der Waals surface area contributed by atoms with Crippen LogP contribution in [0.25, 0.3) is 11.1 Å². The first-order valence-corrected chi connectivity index (χ1v) is 6.83. The third-order valence-corrected chi connectivity index (χ3v) is 3.50. The molecule has 0 amide bonds. The normalized spacial score (nSPS) is 12.0. The van der Waals surface area contributed by atoms with Crippen LogP contribution in [0.5, 0.6) is 0 Å². The van der Waals surface area contributed by atoms with E-state index in [1.165, 1.54) is 29.2 Å². The molecule has 0 heterocycles. The van der Waals surface area contributed by atoms with Gasteiger partial charge in [0.1, 0.15) is 6.10 Å². The molecule has 0 N–H and O–H groups in total. The summed E-state index contributed by atoms with van der Waals surface area (Å²) in [5, 5.41) is 0. The SMILES string of the molecule is CC(=O)OC(C)c1cccc(C)c1-c1ccccc1C. The minimum absolute atomic E-state index is 0.248. The maximum absolute atomic E-state index is 11.2. The Morgan fingerprint density at radius 3 is 2.30 bits per heavy atom. The minimum atomic E-state index is -0.255. The Morgan fingerprint density at radius 1 is 1.00 bits per heavy atom. The summed E-state index contributed by atoms with van der Waals surface area (Å²) in [6, 6.07) is 14.4.